The molecule has 23 heavy (non-hydrogen) atoms. The molecule has 0 heterocycles. The predicted octanol–water partition coefficient (Wildman–Crippen LogP) is 3.08. The van der Waals surface area contributed by atoms with Gasteiger partial charge in [-0.25, -0.2) is 13.2 Å². The highest BCUT2D eigenvalue weighted by Crippen LogP contribution is 2.24. The number of para-hydroxylation sites is 1. The summed E-state index contributed by atoms with van der Waals surface area (Å²) in [4.78, 5) is 12.1. The molecule has 0 aromatic heterocycles. The maximum absolute atomic E-state index is 12.8. The summed E-state index contributed by atoms with van der Waals surface area (Å²) < 4.78 is 31.9. The molecule has 6 heteroatoms. The first-order chi connectivity index (χ1) is 11.0. The number of ether oxygens (including phenoxy) is 1. The van der Waals surface area contributed by atoms with E-state index >= 15 is 0 Å². The van der Waals surface area contributed by atoms with E-state index in [1.54, 1.807) is 42.5 Å². The summed E-state index contributed by atoms with van der Waals surface area (Å²) in [5.41, 5.74) is 0.563. The van der Waals surface area contributed by atoms with Gasteiger partial charge in [-0.15, -0.1) is 0 Å². The molecule has 0 atom stereocenters. The van der Waals surface area contributed by atoms with Gasteiger partial charge in [0.1, 0.15) is 4.90 Å². The largest absolute Gasteiger partial charge is 0.462 e. The molecular weight excluding hydrogens is 314 g/mol. The van der Waals surface area contributed by atoms with Crippen molar-refractivity contribution in [2.24, 2.45) is 0 Å². The number of anilines is 1. The van der Waals surface area contributed by atoms with E-state index in [9.17, 15) is 13.2 Å². The third-order valence-electron chi connectivity index (χ3n) is 3.30. The lowest BCUT2D eigenvalue weighted by atomic mass is 10.2. The molecule has 0 unspecified atom stereocenters. The predicted molar refractivity (Wildman–Crippen MR) is 89.0 cm³/mol. The van der Waals surface area contributed by atoms with Gasteiger partial charge in [0, 0.05) is 7.05 Å². The highest BCUT2D eigenvalue weighted by Gasteiger charge is 2.27. The van der Waals surface area contributed by atoms with Crippen LogP contribution in [-0.2, 0) is 14.8 Å². The zero-order chi connectivity index (χ0) is 16.9. The summed E-state index contributed by atoms with van der Waals surface area (Å²) in [6.45, 7) is 2.13. The molecule has 2 rings (SSSR count). The number of rotatable bonds is 6. The molecular formula is C17H19NO4S. The number of esters is 1. The average molecular weight is 333 g/mol. The number of hydrogen-bond acceptors (Lipinski definition) is 4. The quantitative estimate of drug-likeness (QED) is 0.762. The average Bonchev–Trinajstić information content (AvgIpc) is 2.59. The zero-order valence-corrected chi connectivity index (χ0v) is 13.9. The van der Waals surface area contributed by atoms with Crippen LogP contribution in [0.4, 0.5) is 5.69 Å². The molecule has 0 aliphatic carbocycles. The summed E-state index contributed by atoms with van der Waals surface area (Å²) >= 11 is 0. The zero-order valence-electron chi connectivity index (χ0n) is 13.1. The van der Waals surface area contributed by atoms with Crippen LogP contribution in [-0.4, -0.2) is 28.0 Å². The molecule has 5 nitrogen and oxygen atoms in total. The molecule has 0 saturated heterocycles. The van der Waals surface area contributed by atoms with Gasteiger partial charge < -0.3 is 4.74 Å². The van der Waals surface area contributed by atoms with Gasteiger partial charge in [-0.1, -0.05) is 37.3 Å². The standard InChI is InChI=1S/C17H19NO4S/c1-3-13-22-17(19)15-11-7-8-12-16(15)23(20,21)18(2)14-9-5-4-6-10-14/h4-12H,3,13H2,1-2H3. The van der Waals surface area contributed by atoms with Crippen molar-refractivity contribution in [1.29, 1.82) is 0 Å². The number of sulfonamides is 1. The normalized spacial score (nSPS) is 11.0. The van der Waals surface area contributed by atoms with Crippen LogP contribution in [0.1, 0.15) is 23.7 Å². The van der Waals surface area contributed by atoms with E-state index in [1.807, 2.05) is 6.92 Å². The Bertz CT molecular complexity index is 772. The lowest BCUT2D eigenvalue weighted by Crippen LogP contribution is -2.28. The molecule has 122 valence electrons. The van der Waals surface area contributed by atoms with Crippen LogP contribution in [0.3, 0.4) is 0 Å². The monoisotopic (exact) mass is 333 g/mol. The number of carbonyl (C=O) groups excluding carboxylic acids is 1. The van der Waals surface area contributed by atoms with E-state index in [1.165, 1.54) is 19.2 Å². The van der Waals surface area contributed by atoms with E-state index < -0.39 is 16.0 Å². The molecule has 0 bridgehead atoms. The van der Waals surface area contributed by atoms with Crippen molar-refractivity contribution < 1.29 is 17.9 Å². The van der Waals surface area contributed by atoms with Gasteiger partial charge in [-0.05, 0) is 30.7 Å². The summed E-state index contributed by atoms with van der Waals surface area (Å²) in [5.74, 6) is -0.632. The maximum atomic E-state index is 12.8. The highest BCUT2D eigenvalue weighted by atomic mass is 32.2. The topological polar surface area (TPSA) is 63.7 Å². The first-order valence-corrected chi connectivity index (χ1v) is 8.72. The van der Waals surface area contributed by atoms with Crippen molar-refractivity contribution >= 4 is 21.7 Å². The molecule has 0 spiro atoms. The molecule has 0 aliphatic rings. The maximum Gasteiger partial charge on any atom is 0.339 e. The molecule has 0 aliphatic heterocycles. The van der Waals surface area contributed by atoms with E-state index in [2.05, 4.69) is 0 Å². The first-order valence-electron chi connectivity index (χ1n) is 7.28. The van der Waals surface area contributed by atoms with Crippen molar-refractivity contribution in [3.63, 3.8) is 0 Å². The SMILES string of the molecule is CCCOC(=O)c1ccccc1S(=O)(=O)N(C)c1ccccc1. The van der Waals surface area contributed by atoms with Gasteiger partial charge in [-0.2, -0.15) is 0 Å². The molecule has 0 radical (unpaired) electrons. The minimum absolute atomic E-state index is 0.0451. The van der Waals surface area contributed by atoms with Gasteiger partial charge in [0.25, 0.3) is 10.0 Å². The van der Waals surface area contributed by atoms with Crippen LogP contribution in [0, 0.1) is 0 Å². The third kappa shape index (κ3) is 3.71. The van der Waals surface area contributed by atoms with Crippen molar-refractivity contribution in [2.45, 2.75) is 18.2 Å². The summed E-state index contributed by atoms with van der Waals surface area (Å²) in [7, 11) is -2.40. The fourth-order valence-corrected chi connectivity index (χ4v) is 3.43. The highest BCUT2D eigenvalue weighted by molar-refractivity contribution is 7.92. The van der Waals surface area contributed by atoms with Crippen LogP contribution < -0.4 is 4.31 Å². The minimum Gasteiger partial charge on any atom is -0.462 e. The Labute approximate surface area is 136 Å². The second-order valence-electron chi connectivity index (χ2n) is 4.94. The Morgan fingerprint density at radius 1 is 1.04 bits per heavy atom. The van der Waals surface area contributed by atoms with Gasteiger partial charge in [0.15, 0.2) is 0 Å². The fraction of sp³-hybridized carbons (Fsp3) is 0.235. The van der Waals surface area contributed by atoms with E-state index in [4.69, 9.17) is 4.74 Å². The van der Waals surface area contributed by atoms with Crippen molar-refractivity contribution in [2.75, 3.05) is 18.0 Å². The molecule has 2 aromatic rings. The van der Waals surface area contributed by atoms with E-state index in [0.717, 1.165) is 4.31 Å². The van der Waals surface area contributed by atoms with E-state index in [-0.39, 0.29) is 17.1 Å². The number of benzene rings is 2. The molecule has 2 aromatic carbocycles. The lowest BCUT2D eigenvalue weighted by molar-refractivity contribution is 0.0500. The van der Waals surface area contributed by atoms with Crippen LogP contribution in [0.5, 0.6) is 0 Å². The van der Waals surface area contributed by atoms with Crippen LogP contribution in [0.25, 0.3) is 0 Å². The first kappa shape index (κ1) is 17.0. The Morgan fingerprint density at radius 2 is 1.65 bits per heavy atom. The number of carbonyl (C=O) groups is 1. The van der Waals surface area contributed by atoms with Gasteiger partial charge >= 0.3 is 5.97 Å². The Hall–Kier alpha value is -2.34. The fourth-order valence-electron chi connectivity index (χ4n) is 2.06. The Kier molecular flexibility index (Phi) is 5.39. The number of nitrogens with zero attached hydrogens (tertiary/aromatic N) is 1. The van der Waals surface area contributed by atoms with Crippen LogP contribution in [0.2, 0.25) is 0 Å². The summed E-state index contributed by atoms with van der Waals surface area (Å²) in [5, 5.41) is 0. The molecule has 0 N–H and O–H groups in total. The smallest absolute Gasteiger partial charge is 0.339 e. The van der Waals surface area contributed by atoms with Crippen molar-refractivity contribution in [3.8, 4) is 0 Å². The van der Waals surface area contributed by atoms with Crippen LogP contribution in [0.15, 0.2) is 59.5 Å². The Morgan fingerprint density at radius 3 is 2.30 bits per heavy atom. The van der Waals surface area contributed by atoms with E-state index in [0.29, 0.717) is 12.1 Å². The molecule has 0 fully saturated rings. The second-order valence-corrected chi connectivity index (χ2v) is 6.88. The third-order valence-corrected chi connectivity index (χ3v) is 5.15. The minimum atomic E-state index is -3.86. The van der Waals surface area contributed by atoms with Crippen LogP contribution >= 0.6 is 0 Å². The van der Waals surface area contributed by atoms with Gasteiger partial charge in [-0.3, -0.25) is 4.31 Å². The van der Waals surface area contributed by atoms with Gasteiger partial charge in [0.2, 0.25) is 0 Å². The molecule has 0 amide bonds. The summed E-state index contributed by atoms with van der Waals surface area (Å²) in [6, 6.07) is 14.8. The van der Waals surface area contributed by atoms with Gasteiger partial charge in [0.05, 0.1) is 17.9 Å². The lowest BCUT2D eigenvalue weighted by Gasteiger charge is -2.20. The second kappa shape index (κ2) is 7.28. The van der Waals surface area contributed by atoms with Crippen molar-refractivity contribution in [3.05, 3.63) is 60.2 Å². The van der Waals surface area contributed by atoms with Crippen molar-refractivity contribution in [1.82, 2.24) is 0 Å². The molecule has 0 saturated carbocycles. The Balaban J connectivity index is 2.43. The number of hydrogen-bond donors (Lipinski definition) is 0. The summed E-state index contributed by atoms with van der Waals surface area (Å²) in [6.07, 6.45) is 0.671.